The predicted molar refractivity (Wildman–Crippen MR) is 109 cm³/mol. The van der Waals surface area contributed by atoms with Gasteiger partial charge in [-0.2, -0.15) is 19.6 Å². The number of imide groups is 1. The summed E-state index contributed by atoms with van der Waals surface area (Å²) in [7, 11) is 0. The maximum atomic E-state index is 11.9. The van der Waals surface area contributed by atoms with E-state index in [1.165, 1.54) is 0 Å². The quantitative estimate of drug-likeness (QED) is 0.358. The van der Waals surface area contributed by atoms with E-state index in [4.69, 9.17) is 0 Å². The van der Waals surface area contributed by atoms with Crippen LogP contribution >= 0.6 is 0 Å². The van der Waals surface area contributed by atoms with Gasteiger partial charge >= 0.3 is 0 Å². The molecule has 0 atom stereocenters. The van der Waals surface area contributed by atoms with E-state index in [1.54, 1.807) is 28.9 Å². The summed E-state index contributed by atoms with van der Waals surface area (Å²) >= 11 is 0. The Kier molecular flexibility index (Phi) is 4.31. The molecule has 5 rings (SSSR count). The Morgan fingerprint density at radius 1 is 1.23 bits per heavy atom. The first-order valence-electron chi connectivity index (χ1n) is 9.64. The number of aromatic hydroxyl groups is 1. The van der Waals surface area contributed by atoms with Crippen molar-refractivity contribution in [3.05, 3.63) is 47.2 Å². The number of hydrogen-bond donors (Lipinski definition) is 4. The van der Waals surface area contributed by atoms with E-state index in [0.717, 1.165) is 18.4 Å². The first-order chi connectivity index (χ1) is 14.6. The van der Waals surface area contributed by atoms with Crippen molar-refractivity contribution in [3.8, 4) is 5.75 Å². The van der Waals surface area contributed by atoms with Crippen molar-refractivity contribution in [3.63, 3.8) is 0 Å². The third-order valence-corrected chi connectivity index (χ3v) is 4.96. The number of rotatable bonds is 6. The number of anilines is 2. The molecule has 1 saturated heterocycles. The zero-order valence-electron chi connectivity index (χ0n) is 15.9. The number of hydrogen-bond acceptors (Lipinski definition) is 8. The molecule has 0 unspecified atom stereocenters. The van der Waals surface area contributed by atoms with Gasteiger partial charge in [-0.15, -0.1) is 0 Å². The van der Waals surface area contributed by atoms with Gasteiger partial charge in [-0.3, -0.25) is 14.9 Å². The molecule has 4 N–H and O–H groups in total. The molecule has 0 bridgehead atoms. The van der Waals surface area contributed by atoms with Crippen LogP contribution in [0.25, 0.3) is 11.7 Å². The second-order valence-corrected chi connectivity index (χ2v) is 7.33. The summed E-state index contributed by atoms with van der Waals surface area (Å²) in [5.74, 6) is 0.370. The number of nitrogens with zero attached hydrogens (tertiary/aromatic N) is 4. The molecule has 2 aliphatic rings. The van der Waals surface area contributed by atoms with Crippen molar-refractivity contribution in [2.75, 3.05) is 10.6 Å². The fourth-order valence-corrected chi connectivity index (χ4v) is 3.22. The summed E-state index contributed by atoms with van der Waals surface area (Å²) in [6, 6.07) is 7.38. The summed E-state index contributed by atoms with van der Waals surface area (Å²) in [6.45, 7) is 0.340. The fraction of sp³-hybridized carbons (Fsp3) is 0.250. The van der Waals surface area contributed by atoms with E-state index in [2.05, 4.69) is 31.0 Å². The van der Waals surface area contributed by atoms with Crippen LogP contribution < -0.4 is 16.0 Å². The molecule has 0 spiro atoms. The maximum absolute atomic E-state index is 11.9. The molecule has 3 heterocycles. The number of fused-ring (bicyclic) bond motifs is 1. The van der Waals surface area contributed by atoms with E-state index in [0.29, 0.717) is 41.3 Å². The van der Waals surface area contributed by atoms with Gasteiger partial charge < -0.3 is 15.7 Å². The van der Waals surface area contributed by atoms with Crippen molar-refractivity contribution in [2.45, 2.75) is 31.8 Å². The molecule has 1 aliphatic carbocycles. The summed E-state index contributed by atoms with van der Waals surface area (Å²) in [5, 5.41) is 23.1. The number of phenols is 1. The second kappa shape index (κ2) is 7.14. The zero-order chi connectivity index (χ0) is 20.7. The third-order valence-electron chi connectivity index (χ3n) is 4.96. The molecular weight excluding hydrogens is 386 g/mol. The molecule has 2 fully saturated rings. The minimum atomic E-state index is -0.400. The first kappa shape index (κ1) is 18.1. The van der Waals surface area contributed by atoms with Gasteiger partial charge in [0.05, 0.1) is 12.6 Å². The van der Waals surface area contributed by atoms with Crippen molar-refractivity contribution < 1.29 is 14.7 Å². The number of aromatic nitrogens is 4. The van der Waals surface area contributed by atoms with Crippen LogP contribution in [-0.4, -0.2) is 42.5 Å². The van der Waals surface area contributed by atoms with E-state index in [1.807, 2.05) is 12.1 Å². The Bertz CT molecular complexity index is 1200. The van der Waals surface area contributed by atoms with E-state index < -0.39 is 5.91 Å². The molecular formula is C20H19N7O3. The van der Waals surface area contributed by atoms with Gasteiger partial charge in [-0.25, -0.2) is 0 Å². The number of carbonyl (C=O) groups is 2. The lowest BCUT2D eigenvalue weighted by Gasteiger charge is -2.11. The van der Waals surface area contributed by atoms with E-state index in [9.17, 15) is 14.7 Å². The number of para-hydroxylation sites is 1. The summed E-state index contributed by atoms with van der Waals surface area (Å²) < 4.78 is 1.59. The van der Waals surface area contributed by atoms with Crippen molar-refractivity contribution in [2.24, 2.45) is 0 Å². The minimum Gasteiger partial charge on any atom is -0.508 e. The highest BCUT2D eigenvalue weighted by atomic mass is 16.3. The Morgan fingerprint density at radius 2 is 2.07 bits per heavy atom. The average molecular weight is 405 g/mol. The van der Waals surface area contributed by atoms with Gasteiger partial charge in [0.15, 0.2) is 5.65 Å². The molecule has 2 aromatic heterocycles. The number of carbonyl (C=O) groups excluding carboxylic acids is 2. The largest absolute Gasteiger partial charge is 0.508 e. The molecule has 2 amide bonds. The predicted octanol–water partition coefficient (Wildman–Crippen LogP) is 1.45. The Morgan fingerprint density at radius 3 is 2.80 bits per heavy atom. The lowest BCUT2D eigenvalue weighted by molar-refractivity contribution is -0.124. The normalized spacial score (nSPS) is 17.5. The van der Waals surface area contributed by atoms with Gasteiger partial charge in [-0.05, 0) is 25.0 Å². The third kappa shape index (κ3) is 3.54. The maximum Gasteiger partial charge on any atom is 0.254 e. The average Bonchev–Trinajstić information content (AvgIpc) is 3.36. The molecule has 1 saturated carbocycles. The van der Waals surface area contributed by atoms with Crippen LogP contribution in [-0.2, 0) is 16.1 Å². The topological polar surface area (TPSA) is 134 Å². The highest BCUT2D eigenvalue weighted by molar-refractivity contribution is 6.15. The molecule has 3 aromatic rings. The number of benzene rings is 1. The highest BCUT2D eigenvalue weighted by Crippen LogP contribution is 2.26. The first-order valence-corrected chi connectivity index (χ1v) is 9.64. The van der Waals surface area contributed by atoms with Gasteiger partial charge in [0, 0.05) is 29.3 Å². The minimum absolute atomic E-state index is 0.0346. The monoisotopic (exact) mass is 405 g/mol. The van der Waals surface area contributed by atoms with Crippen LogP contribution in [0.15, 0.2) is 36.0 Å². The van der Waals surface area contributed by atoms with Crippen molar-refractivity contribution >= 4 is 35.4 Å². The highest BCUT2D eigenvalue weighted by Gasteiger charge is 2.26. The van der Waals surface area contributed by atoms with Gasteiger partial charge in [0.2, 0.25) is 17.8 Å². The molecule has 0 radical (unpaired) electrons. The fourth-order valence-electron chi connectivity index (χ4n) is 3.22. The summed E-state index contributed by atoms with van der Waals surface area (Å²) in [6.07, 6.45) is 5.38. The van der Waals surface area contributed by atoms with Crippen molar-refractivity contribution in [1.29, 1.82) is 0 Å². The molecule has 10 heteroatoms. The Hall–Kier alpha value is -3.95. The number of nitrogens with one attached hydrogen (secondary N) is 3. The van der Waals surface area contributed by atoms with E-state index >= 15 is 0 Å². The van der Waals surface area contributed by atoms with Crippen LogP contribution in [0, 0.1) is 0 Å². The summed E-state index contributed by atoms with van der Waals surface area (Å²) in [5.41, 5.74) is 2.21. The lowest BCUT2D eigenvalue weighted by Crippen LogP contribution is -2.19. The van der Waals surface area contributed by atoms with Gasteiger partial charge in [0.25, 0.3) is 5.91 Å². The van der Waals surface area contributed by atoms with Crippen LogP contribution in [0.3, 0.4) is 0 Å². The Balaban J connectivity index is 1.51. The Labute approximate surface area is 171 Å². The van der Waals surface area contributed by atoms with Gasteiger partial charge in [0.1, 0.15) is 5.75 Å². The zero-order valence-corrected chi connectivity index (χ0v) is 15.9. The van der Waals surface area contributed by atoms with E-state index in [-0.39, 0.29) is 18.1 Å². The smallest absolute Gasteiger partial charge is 0.254 e. The standard InChI is InChI=1S/C20H19N7O3/c28-15-4-2-1-3-11(15)9-21-19-25-17-13(7-12-8-16(29)24-18(12)30)10-22-27(17)20(26-19)23-14-5-6-14/h1-4,7,10,14,28H,5-6,8-9H2,(H,24,29,30)(H2,21,23,25,26)/b12-7+. The number of phenolic OH excluding ortho intramolecular Hbond substituents is 1. The van der Waals surface area contributed by atoms with Gasteiger partial charge in [-0.1, -0.05) is 18.2 Å². The summed E-state index contributed by atoms with van der Waals surface area (Å²) in [4.78, 5) is 32.5. The van der Waals surface area contributed by atoms with Crippen LogP contribution in [0.5, 0.6) is 5.75 Å². The SMILES string of the molecule is O=C1C/C(=C\c2cnn3c(NC4CC4)nc(NCc4ccccc4O)nc23)C(=O)N1. The molecule has 152 valence electrons. The van der Waals surface area contributed by atoms with Crippen molar-refractivity contribution in [1.82, 2.24) is 24.9 Å². The molecule has 1 aromatic carbocycles. The molecule has 1 aliphatic heterocycles. The van der Waals surface area contributed by atoms with Crippen LogP contribution in [0.4, 0.5) is 11.9 Å². The van der Waals surface area contributed by atoms with Crippen LogP contribution in [0.1, 0.15) is 30.4 Å². The van der Waals surface area contributed by atoms with Crippen LogP contribution in [0.2, 0.25) is 0 Å². The molecule has 10 nitrogen and oxygen atoms in total. The number of amides is 2. The second-order valence-electron chi connectivity index (χ2n) is 7.33. The lowest BCUT2D eigenvalue weighted by atomic mass is 10.1. The molecule has 30 heavy (non-hydrogen) atoms.